The Hall–Kier alpha value is -1.78. The minimum Gasteiger partial charge on any atom is -0.319 e. The monoisotopic (exact) mass is 313 g/mol. The summed E-state index contributed by atoms with van der Waals surface area (Å²) in [5, 5.41) is 1.09. The van der Waals surface area contributed by atoms with Crippen LogP contribution in [0.15, 0.2) is 59.3 Å². The van der Waals surface area contributed by atoms with Crippen LogP contribution in [0, 0.1) is 0 Å². The molecule has 0 aliphatic carbocycles. The second-order valence-corrected chi connectivity index (χ2v) is 5.12. The lowest BCUT2D eigenvalue weighted by Crippen LogP contribution is -2.14. The minimum absolute atomic E-state index is 0.297. The molecule has 1 atom stereocenters. The van der Waals surface area contributed by atoms with E-state index in [0.717, 1.165) is 26.6 Å². The molecule has 3 aromatic rings. The largest absolute Gasteiger partial charge is 0.319 e. The number of aromatic nitrogens is 2. The molecule has 0 bridgehead atoms. The molecule has 2 heterocycles. The van der Waals surface area contributed by atoms with Crippen molar-refractivity contribution in [2.45, 2.75) is 6.04 Å². The number of hydrogen-bond donors (Lipinski definition) is 1. The first-order valence-corrected chi connectivity index (χ1v) is 6.76. The Labute approximate surface area is 119 Å². The van der Waals surface area contributed by atoms with Crippen molar-refractivity contribution in [1.29, 1.82) is 0 Å². The fourth-order valence-electron chi connectivity index (χ4n) is 2.15. The van der Waals surface area contributed by atoms with Crippen LogP contribution in [0.25, 0.3) is 10.9 Å². The predicted molar refractivity (Wildman–Crippen MR) is 79.7 cm³/mol. The zero-order valence-corrected chi connectivity index (χ0v) is 11.7. The number of rotatable bonds is 2. The molecule has 0 aliphatic rings. The molecule has 0 amide bonds. The highest BCUT2D eigenvalue weighted by Gasteiger charge is 2.16. The van der Waals surface area contributed by atoms with E-state index in [1.54, 1.807) is 12.4 Å². The Morgan fingerprint density at radius 3 is 2.53 bits per heavy atom. The third-order valence-corrected chi connectivity index (χ3v) is 3.75. The van der Waals surface area contributed by atoms with Crippen molar-refractivity contribution in [3.05, 3.63) is 70.6 Å². The Morgan fingerprint density at radius 2 is 1.68 bits per heavy atom. The number of nitrogens with two attached hydrogens (primary N) is 1. The molecule has 0 saturated carbocycles. The fraction of sp³-hybridized carbons (Fsp3) is 0.0667. The number of benzene rings is 1. The first-order valence-electron chi connectivity index (χ1n) is 5.97. The highest BCUT2D eigenvalue weighted by atomic mass is 79.9. The smallest absolute Gasteiger partial charge is 0.0759 e. The van der Waals surface area contributed by atoms with E-state index in [4.69, 9.17) is 5.73 Å². The Bertz CT molecular complexity index is 722. The summed E-state index contributed by atoms with van der Waals surface area (Å²) in [7, 11) is 0. The summed E-state index contributed by atoms with van der Waals surface area (Å²) >= 11 is 3.50. The van der Waals surface area contributed by atoms with E-state index < -0.39 is 0 Å². The molecule has 0 aliphatic heterocycles. The predicted octanol–water partition coefficient (Wildman–Crippen LogP) is 3.44. The highest BCUT2D eigenvalue weighted by molar-refractivity contribution is 9.10. The van der Waals surface area contributed by atoms with Gasteiger partial charge in [-0.05, 0) is 34.1 Å². The molecule has 0 radical (unpaired) electrons. The van der Waals surface area contributed by atoms with E-state index in [9.17, 15) is 0 Å². The summed E-state index contributed by atoms with van der Waals surface area (Å²) < 4.78 is 0.912. The van der Waals surface area contributed by atoms with Gasteiger partial charge >= 0.3 is 0 Å². The fourth-order valence-corrected chi connectivity index (χ4v) is 2.65. The van der Waals surface area contributed by atoms with Gasteiger partial charge in [-0.3, -0.25) is 9.97 Å². The molecule has 1 unspecified atom stereocenters. The van der Waals surface area contributed by atoms with Crippen molar-refractivity contribution < 1.29 is 0 Å². The van der Waals surface area contributed by atoms with Crippen molar-refractivity contribution in [2.75, 3.05) is 0 Å². The van der Waals surface area contributed by atoms with Gasteiger partial charge in [0.05, 0.1) is 17.3 Å². The average Bonchev–Trinajstić information content (AvgIpc) is 2.46. The van der Waals surface area contributed by atoms with E-state index in [0.29, 0.717) is 0 Å². The maximum atomic E-state index is 6.35. The van der Waals surface area contributed by atoms with Crippen LogP contribution in [0.4, 0.5) is 0 Å². The summed E-state index contributed by atoms with van der Waals surface area (Å²) in [6.45, 7) is 0. The standard InChI is InChI=1S/C15H12BrN3/c16-12-7-3-9-19-15(12)13(17)11-6-1-4-10-5-2-8-18-14(10)11/h1-9,13H,17H2. The van der Waals surface area contributed by atoms with Crippen molar-refractivity contribution in [3.8, 4) is 0 Å². The molecule has 3 nitrogen and oxygen atoms in total. The van der Waals surface area contributed by atoms with Crippen LogP contribution in [-0.2, 0) is 0 Å². The Morgan fingerprint density at radius 1 is 0.947 bits per heavy atom. The summed E-state index contributed by atoms with van der Waals surface area (Å²) in [5.74, 6) is 0. The lowest BCUT2D eigenvalue weighted by atomic mass is 10.0. The summed E-state index contributed by atoms with van der Waals surface area (Å²) in [5.41, 5.74) is 9.08. The van der Waals surface area contributed by atoms with Gasteiger partial charge < -0.3 is 5.73 Å². The summed E-state index contributed by atoms with van der Waals surface area (Å²) in [6, 6.07) is 13.5. The van der Waals surface area contributed by atoms with Crippen LogP contribution in [-0.4, -0.2) is 9.97 Å². The first kappa shape index (κ1) is 12.3. The van der Waals surface area contributed by atoms with Crippen LogP contribution < -0.4 is 5.73 Å². The second-order valence-electron chi connectivity index (χ2n) is 4.27. The molecular weight excluding hydrogens is 302 g/mol. The van der Waals surface area contributed by atoms with Crippen molar-refractivity contribution in [3.63, 3.8) is 0 Å². The molecule has 0 saturated heterocycles. The third-order valence-electron chi connectivity index (χ3n) is 3.08. The number of hydrogen-bond acceptors (Lipinski definition) is 3. The van der Waals surface area contributed by atoms with Crippen molar-refractivity contribution >= 4 is 26.8 Å². The lowest BCUT2D eigenvalue weighted by molar-refractivity contribution is 0.827. The van der Waals surface area contributed by atoms with Crippen molar-refractivity contribution in [2.24, 2.45) is 5.73 Å². The van der Waals surface area contributed by atoms with Crippen LogP contribution in [0.1, 0.15) is 17.3 Å². The molecule has 3 rings (SSSR count). The average molecular weight is 314 g/mol. The van der Waals surface area contributed by atoms with E-state index in [1.807, 2.05) is 42.5 Å². The molecule has 1 aromatic carbocycles. The number of pyridine rings is 2. The number of halogens is 1. The maximum Gasteiger partial charge on any atom is 0.0759 e. The van der Waals surface area contributed by atoms with Gasteiger partial charge in [-0.2, -0.15) is 0 Å². The maximum absolute atomic E-state index is 6.35. The molecule has 0 spiro atoms. The minimum atomic E-state index is -0.297. The summed E-state index contributed by atoms with van der Waals surface area (Å²) in [6.07, 6.45) is 3.53. The molecule has 19 heavy (non-hydrogen) atoms. The van der Waals surface area contributed by atoms with E-state index in [1.165, 1.54) is 0 Å². The van der Waals surface area contributed by atoms with Gasteiger partial charge in [0.1, 0.15) is 0 Å². The van der Waals surface area contributed by atoms with Crippen LogP contribution >= 0.6 is 15.9 Å². The Balaban J connectivity index is 2.17. The topological polar surface area (TPSA) is 51.8 Å². The van der Waals surface area contributed by atoms with Crippen molar-refractivity contribution in [1.82, 2.24) is 9.97 Å². The normalized spacial score (nSPS) is 12.5. The molecule has 2 N–H and O–H groups in total. The highest BCUT2D eigenvalue weighted by Crippen LogP contribution is 2.28. The molecule has 94 valence electrons. The van der Waals surface area contributed by atoms with Gasteiger partial charge in [0.15, 0.2) is 0 Å². The van der Waals surface area contributed by atoms with Gasteiger partial charge in [-0.15, -0.1) is 0 Å². The van der Waals surface area contributed by atoms with Gasteiger partial charge in [0.25, 0.3) is 0 Å². The molecule has 4 heteroatoms. The van der Waals surface area contributed by atoms with Crippen LogP contribution in [0.2, 0.25) is 0 Å². The van der Waals surface area contributed by atoms with Gasteiger partial charge in [-0.1, -0.05) is 24.3 Å². The SMILES string of the molecule is NC(c1ncccc1Br)c1cccc2cccnc12. The molecule has 0 fully saturated rings. The Kier molecular flexibility index (Phi) is 3.27. The first-order chi connectivity index (χ1) is 9.27. The zero-order valence-electron chi connectivity index (χ0n) is 10.1. The van der Waals surface area contributed by atoms with E-state index >= 15 is 0 Å². The number of nitrogens with zero attached hydrogens (tertiary/aromatic N) is 2. The van der Waals surface area contributed by atoms with E-state index in [-0.39, 0.29) is 6.04 Å². The van der Waals surface area contributed by atoms with Crippen LogP contribution in [0.3, 0.4) is 0 Å². The van der Waals surface area contributed by atoms with Gasteiger partial charge in [0.2, 0.25) is 0 Å². The number of para-hydroxylation sites is 1. The lowest BCUT2D eigenvalue weighted by Gasteiger charge is -2.14. The molecular formula is C15H12BrN3. The summed E-state index contributed by atoms with van der Waals surface area (Å²) in [4.78, 5) is 8.80. The van der Waals surface area contributed by atoms with E-state index in [2.05, 4.69) is 25.9 Å². The van der Waals surface area contributed by atoms with Crippen LogP contribution in [0.5, 0.6) is 0 Å². The molecule has 2 aromatic heterocycles. The van der Waals surface area contributed by atoms with Gasteiger partial charge in [-0.25, -0.2) is 0 Å². The van der Waals surface area contributed by atoms with Gasteiger partial charge in [0, 0.05) is 27.8 Å². The zero-order chi connectivity index (χ0) is 13.2. The third kappa shape index (κ3) is 2.25. The number of fused-ring (bicyclic) bond motifs is 1. The second kappa shape index (κ2) is 5.07. The quantitative estimate of drug-likeness (QED) is 0.788.